The normalized spacial score (nSPS) is 14.4. The van der Waals surface area contributed by atoms with Gasteiger partial charge >= 0.3 is 0 Å². The van der Waals surface area contributed by atoms with Gasteiger partial charge < -0.3 is 9.32 Å². The summed E-state index contributed by atoms with van der Waals surface area (Å²) in [4.78, 5) is 2.37. The van der Waals surface area contributed by atoms with E-state index in [9.17, 15) is 0 Å². The van der Waals surface area contributed by atoms with Gasteiger partial charge in [0.05, 0.1) is 5.41 Å². The molecular formula is C58H39NO. The van der Waals surface area contributed by atoms with E-state index in [4.69, 9.17) is 4.42 Å². The van der Waals surface area contributed by atoms with Gasteiger partial charge in [-0.2, -0.15) is 0 Å². The maximum absolute atomic E-state index is 7.04. The van der Waals surface area contributed by atoms with Crippen LogP contribution in [-0.4, -0.2) is 0 Å². The summed E-state index contributed by atoms with van der Waals surface area (Å²) in [7, 11) is 0. The molecule has 0 saturated carbocycles. The second kappa shape index (κ2) is 12.1. The average Bonchev–Trinajstić information content (AvgIpc) is 3.98. The van der Waals surface area contributed by atoms with Crippen LogP contribution in [0.1, 0.15) is 47.2 Å². The van der Waals surface area contributed by atoms with Crippen molar-refractivity contribution in [3.63, 3.8) is 0 Å². The summed E-state index contributed by atoms with van der Waals surface area (Å²) in [5.74, 6) is 0. The molecule has 2 nitrogen and oxygen atoms in total. The SMILES string of the molecule is CC1(C)c2ccccc2-c2ccc(N(c3ccccc3)c3ccc(-c4cccc5c4oc4cc6c(cc45)-c4ccccc4C64c5ccccc5-c5ccccc54)cc3)cc21. The van der Waals surface area contributed by atoms with Crippen molar-refractivity contribution in [3.8, 4) is 44.5 Å². The molecule has 0 radical (unpaired) electrons. The number of para-hydroxylation sites is 2. The Bertz CT molecular complexity index is 3360. The summed E-state index contributed by atoms with van der Waals surface area (Å²) >= 11 is 0. The van der Waals surface area contributed by atoms with Gasteiger partial charge in [0.2, 0.25) is 0 Å². The van der Waals surface area contributed by atoms with Crippen LogP contribution in [0.25, 0.3) is 66.4 Å². The Morgan fingerprint density at radius 1 is 0.350 bits per heavy atom. The van der Waals surface area contributed by atoms with Gasteiger partial charge in [-0.3, -0.25) is 0 Å². The molecule has 3 aliphatic rings. The van der Waals surface area contributed by atoms with Crippen molar-refractivity contribution in [1.29, 1.82) is 0 Å². The van der Waals surface area contributed by atoms with Crippen LogP contribution in [0.4, 0.5) is 17.1 Å². The molecule has 1 aromatic heterocycles. The van der Waals surface area contributed by atoms with Crippen LogP contribution < -0.4 is 4.90 Å². The van der Waals surface area contributed by atoms with Gasteiger partial charge in [-0.1, -0.05) is 166 Å². The van der Waals surface area contributed by atoms with Gasteiger partial charge in [-0.25, -0.2) is 0 Å². The van der Waals surface area contributed by atoms with E-state index >= 15 is 0 Å². The lowest BCUT2D eigenvalue weighted by Crippen LogP contribution is -2.25. The van der Waals surface area contributed by atoms with Gasteiger partial charge in [0.15, 0.2) is 0 Å². The lowest BCUT2D eigenvalue weighted by molar-refractivity contribution is 0.660. The minimum absolute atomic E-state index is 0.0877. The van der Waals surface area contributed by atoms with E-state index in [1.54, 1.807) is 0 Å². The Morgan fingerprint density at radius 2 is 0.867 bits per heavy atom. The molecule has 0 N–H and O–H groups in total. The first-order valence-electron chi connectivity index (χ1n) is 21.0. The summed E-state index contributed by atoms with van der Waals surface area (Å²) < 4.78 is 7.04. The van der Waals surface area contributed by atoms with Crippen molar-refractivity contribution in [2.45, 2.75) is 24.7 Å². The lowest BCUT2D eigenvalue weighted by Gasteiger charge is -2.30. The highest BCUT2D eigenvalue weighted by Gasteiger charge is 2.51. The van der Waals surface area contributed by atoms with Crippen LogP contribution in [0, 0.1) is 0 Å². The Labute approximate surface area is 349 Å². The Morgan fingerprint density at radius 3 is 1.53 bits per heavy atom. The number of anilines is 3. The Kier molecular flexibility index (Phi) is 6.74. The number of nitrogens with zero attached hydrogens (tertiary/aromatic N) is 1. The molecule has 0 unspecified atom stereocenters. The number of benzene rings is 9. The molecule has 60 heavy (non-hydrogen) atoms. The molecule has 0 amide bonds. The second-order valence-electron chi connectivity index (χ2n) is 17.2. The molecule has 0 fully saturated rings. The molecule has 13 rings (SSSR count). The largest absolute Gasteiger partial charge is 0.455 e. The van der Waals surface area contributed by atoms with Gasteiger partial charge in [0.25, 0.3) is 0 Å². The summed E-state index contributed by atoms with van der Waals surface area (Å²) in [6.45, 7) is 4.69. The highest BCUT2D eigenvalue weighted by Crippen LogP contribution is 2.63. The van der Waals surface area contributed by atoms with Crippen molar-refractivity contribution < 1.29 is 4.42 Å². The zero-order valence-corrected chi connectivity index (χ0v) is 33.4. The van der Waals surface area contributed by atoms with E-state index in [2.05, 4.69) is 219 Å². The highest BCUT2D eigenvalue weighted by atomic mass is 16.3. The summed E-state index contributed by atoms with van der Waals surface area (Å²) in [6.07, 6.45) is 0. The monoisotopic (exact) mass is 765 g/mol. The second-order valence-corrected chi connectivity index (χ2v) is 17.2. The quantitative estimate of drug-likeness (QED) is 0.177. The molecule has 0 aliphatic heterocycles. The van der Waals surface area contributed by atoms with Crippen LogP contribution in [-0.2, 0) is 10.8 Å². The van der Waals surface area contributed by atoms with E-state index in [1.165, 1.54) is 66.8 Å². The molecule has 9 aromatic carbocycles. The first-order valence-corrected chi connectivity index (χ1v) is 21.0. The predicted octanol–water partition coefficient (Wildman–Crippen LogP) is 15.4. The van der Waals surface area contributed by atoms with Gasteiger partial charge in [-0.15, -0.1) is 0 Å². The molecule has 10 aromatic rings. The third kappa shape index (κ3) is 4.32. The molecule has 1 spiro atoms. The number of furan rings is 1. The zero-order chi connectivity index (χ0) is 39.7. The Hall–Kier alpha value is -7.42. The maximum atomic E-state index is 7.04. The number of hydrogen-bond donors (Lipinski definition) is 0. The van der Waals surface area contributed by atoms with Crippen molar-refractivity contribution >= 4 is 39.0 Å². The van der Waals surface area contributed by atoms with Gasteiger partial charge in [0.1, 0.15) is 11.2 Å². The number of rotatable bonds is 4. The minimum Gasteiger partial charge on any atom is -0.455 e. The molecule has 1 heterocycles. The van der Waals surface area contributed by atoms with Crippen molar-refractivity contribution in [1.82, 2.24) is 0 Å². The average molecular weight is 766 g/mol. The van der Waals surface area contributed by atoms with Crippen LogP contribution in [0.15, 0.2) is 205 Å². The van der Waals surface area contributed by atoms with Crippen LogP contribution in [0.5, 0.6) is 0 Å². The fourth-order valence-corrected chi connectivity index (χ4v) is 11.3. The first kappa shape index (κ1) is 33.5. The first-order chi connectivity index (χ1) is 29.5. The topological polar surface area (TPSA) is 16.4 Å². The molecule has 0 atom stereocenters. The third-order valence-corrected chi connectivity index (χ3v) is 13.9. The minimum atomic E-state index is -0.409. The number of hydrogen-bond acceptors (Lipinski definition) is 2. The van der Waals surface area contributed by atoms with Crippen molar-refractivity contribution in [2.24, 2.45) is 0 Å². The standard InChI is InChI=1S/C58H39NO/c1-57(2)49-23-10-6-17-41(49)45-32-31-39(33-53(45)57)59(37-15-4-3-5-16-37)38-29-27-36(28-30-38)40-21-14-22-46-48-34-47-44-20-9-13-26-52(44)58(54(47)35-55(48)60-56(40)46)50-24-11-7-18-42(50)43-19-8-12-25-51(43)58/h3-35H,1-2H3. The van der Waals surface area contributed by atoms with Crippen LogP contribution in [0.3, 0.4) is 0 Å². The van der Waals surface area contributed by atoms with E-state index < -0.39 is 5.41 Å². The molecular weight excluding hydrogens is 727 g/mol. The third-order valence-electron chi connectivity index (χ3n) is 13.9. The van der Waals surface area contributed by atoms with E-state index in [0.29, 0.717) is 0 Å². The van der Waals surface area contributed by atoms with E-state index in [-0.39, 0.29) is 5.41 Å². The smallest absolute Gasteiger partial charge is 0.143 e. The summed E-state index contributed by atoms with van der Waals surface area (Å²) in [5, 5.41) is 2.28. The summed E-state index contributed by atoms with van der Waals surface area (Å²) in [6, 6.07) is 73.8. The summed E-state index contributed by atoms with van der Waals surface area (Å²) in [5.41, 5.74) is 22.8. The fraction of sp³-hybridized carbons (Fsp3) is 0.0690. The van der Waals surface area contributed by atoms with Crippen molar-refractivity contribution in [2.75, 3.05) is 4.90 Å². The highest BCUT2D eigenvalue weighted by molar-refractivity contribution is 6.12. The maximum Gasteiger partial charge on any atom is 0.143 e. The number of fused-ring (bicyclic) bond motifs is 16. The zero-order valence-electron chi connectivity index (χ0n) is 33.4. The predicted molar refractivity (Wildman–Crippen MR) is 248 cm³/mol. The van der Waals surface area contributed by atoms with Gasteiger partial charge in [-0.05, 0) is 121 Å². The molecule has 3 aliphatic carbocycles. The molecule has 2 heteroatoms. The molecule has 0 bridgehead atoms. The van der Waals surface area contributed by atoms with E-state index in [0.717, 1.165) is 50.1 Å². The van der Waals surface area contributed by atoms with Crippen molar-refractivity contribution in [3.05, 3.63) is 234 Å². The van der Waals surface area contributed by atoms with Gasteiger partial charge in [0, 0.05) is 38.8 Å². The fourth-order valence-electron chi connectivity index (χ4n) is 11.3. The van der Waals surface area contributed by atoms with Crippen LogP contribution in [0.2, 0.25) is 0 Å². The van der Waals surface area contributed by atoms with Crippen LogP contribution >= 0.6 is 0 Å². The lowest BCUT2D eigenvalue weighted by atomic mass is 9.70. The Balaban J connectivity index is 0.944. The molecule has 282 valence electrons. The molecule has 0 saturated heterocycles. The van der Waals surface area contributed by atoms with E-state index in [1.807, 2.05) is 0 Å².